The molecular weight excluding hydrogens is 602 g/mol. The van der Waals surface area contributed by atoms with E-state index in [-0.39, 0.29) is 28.2 Å². The predicted octanol–water partition coefficient (Wildman–Crippen LogP) is -1.61. The number of carbonyl (C=O) groups is 4. The van der Waals surface area contributed by atoms with Crippen LogP contribution in [0.1, 0.15) is 12.2 Å². The number of anilines is 1. The largest absolute Gasteiger partial charge is 0.479 e. The van der Waals surface area contributed by atoms with E-state index in [0.717, 1.165) is 29.4 Å². The van der Waals surface area contributed by atoms with Gasteiger partial charge in [0.1, 0.15) is 17.1 Å². The number of aromatic nitrogens is 6. The van der Waals surface area contributed by atoms with Crippen molar-refractivity contribution in [3.8, 4) is 0 Å². The number of fused-ring (bicyclic) bond motifs is 1. The fraction of sp³-hybridized carbons (Fsp3) is 0.500. The van der Waals surface area contributed by atoms with Crippen molar-refractivity contribution in [3.05, 3.63) is 17.1 Å². The molecule has 0 aromatic carbocycles. The van der Waals surface area contributed by atoms with Gasteiger partial charge in [0.25, 0.3) is 11.8 Å². The summed E-state index contributed by atoms with van der Waals surface area (Å²) in [5.41, 5.74) is 5.45. The lowest BCUT2D eigenvalue weighted by Crippen LogP contribution is -2.71. The summed E-state index contributed by atoms with van der Waals surface area (Å²) in [5.74, 6) is -3.86. The Kier molecular flexibility index (Phi) is 9.73. The molecule has 1 saturated heterocycles. The Labute approximate surface area is 244 Å². The number of rotatable bonds is 14. The number of nitrogens with zero attached hydrogens (tertiary/aromatic N) is 9. The smallest absolute Gasteiger partial charge is 0.352 e. The normalized spacial score (nSPS) is 18.8. The van der Waals surface area contributed by atoms with E-state index in [1.807, 2.05) is 19.0 Å². The highest BCUT2D eigenvalue weighted by molar-refractivity contribution is 8.01. The molecule has 220 valence electrons. The molecule has 5 N–H and O–H groups in total. The first-order valence-electron chi connectivity index (χ1n) is 11.8. The van der Waals surface area contributed by atoms with E-state index in [1.54, 1.807) is 4.68 Å². The highest BCUT2D eigenvalue weighted by atomic mass is 32.2. The molecule has 21 heteroatoms. The quantitative estimate of drug-likeness (QED) is 0.0797. The summed E-state index contributed by atoms with van der Waals surface area (Å²) in [4.78, 5) is 60.8. The van der Waals surface area contributed by atoms with Crippen LogP contribution in [0.25, 0.3) is 0 Å². The molecule has 2 amide bonds. The zero-order chi connectivity index (χ0) is 29.7. The third kappa shape index (κ3) is 7.10. The number of aliphatic carboxylic acids is 2. The third-order valence-electron chi connectivity index (χ3n) is 5.60. The number of oxime groups is 1. The second-order valence-corrected chi connectivity index (χ2v) is 11.6. The van der Waals surface area contributed by atoms with Gasteiger partial charge in [-0.25, -0.2) is 14.3 Å². The monoisotopic (exact) mass is 627 g/mol. The molecule has 2 atom stereocenters. The van der Waals surface area contributed by atoms with E-state index in [1.165, 1.54) is 23.5 Å². The summed E-state index contributed by atoms with van der Waals surface area (Å²) in [6.07, 6.45) is 0.825. The van der Waals surface area contributed by atoms with Crippen LogP contribution >= 0.6 is 35.1 Å². The summed E-state index contributed by atoms with van der Waals surface area (Å²) >= 11 is 3.33. The Bertz CT molecular complexity index is 1390. The van der Waals surface area contributed by atoms with Gasteiger partial charge in [-0.2, -0.15) is 9.36 Å². The van der Waals surface area contributed by atoms with Crippen LogP contribution < -0.4 is 11.1 Å². The number of hydrogen-bond donors (Lipinski definition) is 4. The lowest BCUT2D eigenvalue weighted by Gasteiger charge is -2.49. The van der Waals surface area contributed by atoms with Gasteiger partial charge in [0, 0.05) is 29.6 Å². The molecule has 0 saturated carbocycles. The molecule has 2 aromatic heterocycles. The van der Waals surface area contributed by atoms with Crippen LogP contribution in [-0.4, -0.2) is 129 Å². The number of nitrogens with two attached hydrogens (primary N) is 1. The highest BCUT2D eigenvalue weighted by Gasteiger charge is 2.54. The molecule has 2 aliphatic heterocycles. The maximum Gasteiger partial charge on any atom is 0.352 e. The SMILES string of the molecule is CN(C)CCCn1nnnc1SCC1=C(C(=O)O)N2C(=O)C(NC(=O)C(=NOCC(=O)O)c3nsc(N)n3)[C@H]2SC1. The van der Waals surface area contributed by atoms with E-state index in [0.29, 0.717) is 17.3 Å². The number of carboxylic acids is 2. The first-order chi connectivity index (χ1) is 19.6. The number of carbonyl (C=O) groups excluding carboxylic acids is 2. The zero-order valence-corrected chi connectivity index (χ0v) is 24.1. The second kappa shape index (κ2) is 13.2. The van der Waals surface area contributed by atoms with Gasteiger partial charge in [0.15, 0.2) is 5.13 Å². The molecule has 41 heavy (non-hydrogen) atoms. The molecule has 18 nitrogen and oxygen atoms in total. The van der Waals surface area contributed by atoms with Crippen molar-refractivity contribution in [1.82, 2.24) is 44.7 Å². The molecule has 4 heterocycles. The Morgan fingerprint density at radius 2 is 2.10 bits per heavy atom. The number of amides is 2. The average Bonchev–Trinajstić information content (AvgIpc) is 3.55. The van der Waals surface area contributed by atoms with E-state index in [9.17, 15) is 24.3 Å². The minimum absolute atomic E-state index is 0.0247. The van der Waals surface area contributed by atoms with E-state index < -0.39 is 47.5 Å². The van der Waals surface area contributed by atoms with Crippen LogP contribution in [0, 0.1) is 0 Å². The van der Waals surface area contributed by atoms with Crippen LogP contribution in [0.15, 0.2) is 21.6 Å². The Morgan fingerprint density at radius 1 is 1.32 bits per heavy atom. The van der Waals surface area contributed by atoms with Crippen molar-refractivity contribution in [1.29, 1.82) is 0 Å². The van der Waals surface area contributed by atoms with Crippen LogP contribution in [0.3, 0.4) is 0 Å². The molecule has 2 aromatic rings. The second-order valence-electron chi connectivity index (χ2n) is 8.81. The Balaban J connectivity index is 1.44. The number of aryl methyl sites for hydroxylation is 1. The van der Waals surface area contributed by atoms with Gasteiger partial charge >= 0.3 is 11.9 Å². The number of carboxylic acid groups (broad SMARTS) is 2. The molecule has 1 fully saturated rings. The minimum Gasteiger partial charge on any atom is -0.479 e. The lowest BCUT2D eigenvalue weighted by atomic mass is 10.0. The summed E-state index contributed by atoms with van der Waals surface area (Å²) in [6, 6.07) is -1.08. The maximum absolute atomic E-state index is 13.1. The van der Waals surface area contributed by atoms with Crippen molar-refractivity contribution in [2.75, 3.05) is 44.5 Å². The number of nitrogen functional groups attached to an aromatic ring is 1. The standard InChI is InChI=1S/C20H25N11O7S3/c1-29(2)4-3-5-30-20(24-27-28-30)40-8-9-7-39-17-12(16(35)31(17)13(9)18(36)37)22-15(34)11(25-38-6-10(32)33)14-23-19(21)41-26-14/h12,17H,3-8H2,1-2H3,(H,22,34)(H,32,33)(H,36,37)(H2,21,23,26)/t12?,17-/m1/s1. The topological polar surface area (TPSA) is 244 Å². The average molecular weight is 628 g/mol. The zero-order valence-electron chi connectivity index (χ0n) is 21.7. The molecule has 0 aliphatic carbocycles. The number of nitrogens with one attached hydrogen (secondary N) is 1. The Hall–Kier alpha value is -3.82. The van der Waals surface area contributed by atoms with Gasteiger partial charge in [-0.3, -0.25) is 14.5 Å². The summed E-state index contributed by atoms with van der Waals surface area (Å²) < 4.78 is 5.54. The molecule has 4 rings (SSSR count). The molecule has 1 unspecified atom stereocenters. The first kappa shape index (κ1) is 30.1. The molecule has 0 spiro atoms. The number of tetrazole rings is 1. The van der Waals surface area contributed by atoms with E-state index in [2.05, 4.69) is 40.2 Å². The van der Waals surface area contributed by atoms with Crippen molar-refractivity contribution in [3.63, 3.8) is 0 Å². The molecule has 0 radical (unpaired) electrons. The van der Waals surface area contributed by atoms with Gasteiger partial charge in [0.2, 0.25) is 23.3 Å². The Morgan fingerprint density at radius 3 is 2.76 bits per heavy atom. The summed E-state index contributed by atoms with van der Waals surface area (Å²) in [7, 11) is 3.93. The number of hydrogen-bond acceptors (Lipinski definition) is 16. The first-order valence-corrected chi connectivity index (χ1v) is 14.6. The summed E-state index contributed by atoms with van der Waals surface area (Å²) in [5, 5.41) is 36.3. The molecule has 0 bridgehead atoms. The number of thioether (sulfide) groups is 2. The highest BCUT2D eigenvalue weighted by Crippen LogP contribution is 2.41. The maximum atomic E-state index is 13.1. The molecular formula is C20H25N11O7S3. The minimum atomic E-state index is -1.33. The van der Waals surface area contributed by atoms with Gasteiger partial charge in [-0.15, -0.1) is 16.9 Å². The van der Waals surface area contributed by atoms with E-state index in [4.69, 9.17) is 10.8 Å². The fourth-order valence-corrected chi connectivity index (χ4v) is 6.62. The van der Waals surface area contributed by atoms with Crippen molar-refractivity contribution >= 4 is 69.7 Å². The third-order valence-corrected chi connectivity index (χ3v) is 8.52. The van der Waals surface area contributed by atoms with Crippen molar-refractivity contribution in [2.45, 2.75) is 29.5 Å². The van der Waals surface area contributed by atoms with E-state index >= 15 is 0 Å². The van der Waals surface area contributed by atoms with Gasteiger partial charge in [-0.05, 0) is 43.1 Å². The molecule has 2 aliphatic rings. The van der Waals surface area contributed by atoms with Crippen LogP contribution in [0.2, 0.25) is 0 Å². The van der Waals surface area contributed by atoms with Crippen LogP contribution in [0.4, 0.5) is 5.13 Å². The van der Waals surface area contributed by atoms with Crippen molar-refractivity contribution < 1.29 is 34.2 Å². The predicted molar refractivity (Wildman–Crippen MR) is 146 cm³/mol. The van der Waals surface area contributed by atoms with Crippen LogP contribution in [-0.2, 0) is 30.6 Å². The number of β-lactam (4-membered cyclic amide) rings is 1. The van der Waals surface area contributed by atoms with Gasteiger partial charge in [0.05, 0.1) is 0 Å². The summed E-state index contributed by atoms with van der Waals surface area (Å²) in [6.45, 7) is 0.611. The fourth-order valence-electron chi connectivity index (χ4n) is 3.80. The van der Waals surface area contributed by atoms with Gasteiger partial charge in [-0.1, -0.05) is 16.9 Å². The van der Waals surface area contributed by atoms with Gasteiger partial charge < -0.3 is 31.0 Å². The van der Waals surface area contributed by atoms with Crippen LogP contribution in [0.5, 0.6) is 0 Å². The lowest BCUT2D eigenvalue weighted by molar-refractivity contribution is -0.150. The van der Waals surface area contributed by atoms with Crippen molar-refractivity contribution in [2.24, 2.45) is 5.16 Å².